The predicted octanol–water partition coefficient (Wildman–Crippen LogP) is -0.482. The van der Waals surface area contributed by atoms with Crippen LogP contribution < -0.4 is 5.32 Å². The number of aromatic nitrogens is 3. The molecular weight excluding hydrogens is 308 g/mol. The predicted molar refractivity (Wildman–Crippen MR) is 73.8 cm³/mol. The summed E-state index contributed by atoms with van der Waals surface area (Å²) in [5.74, 6) is -0.559. The summed E-state index contributed by atoms with van der Waals surface area (Å²) in [4.78, 5) is 23.0. The number of fused-ring (bicyclic) bond motifs is 1. The summed E-state index contributed by atoms with van der Waals surface area (Å²) in [6.45, 7) is 2.87. The Labute approximate surface area is 132 Å². The van der Waals surface area contributed by atoms with Crippen molar-refractivity contribution in [3.8, 4) is 0 Å². The maximum atomic E-state index is 11.5. The normalized spacial score (nSPS) is 29.1. The van der Waals surface area contributed by atoms with Crippen molar-refractivity contribution in [2.75, 3.05) is 26.9 Å². The summed E-state index contributed by atoms with van der Waals surface area (Å²) in [6, 6.07) is -0.242. The van der Waals surface area contributed by atoms with E-state index >= 15 is 0 Å². The zero-order valence-electron chi connectivity index (χ0n) is 12.8. The van der Waals surface area contributed by atoms with Crippen LogP contribution in [0.5, 0.6) is 0 Å². The summed E-state index contributed by atoms with van der Waals surface area (Å²) in [5, 5.41) is 10.3. The van der Waals surface area contributed by atoms with Gasteiger partial charge in [0.15, 0.2) is 11.8 Å². The number of carbonyl (C=O) groups is 2. The molecule has 4 unspecified atom stereocenters. The molecule has 2 saturated heterocycles. The number of nitrogens with zero attached hydrogens (tertiary/aromatic N) is 3. The molecular formula is C13H18N4O6. The Morgan fingerprint density at radius 1 is 1.39 bits per heavy atom. The summed E-state index contributed by atoms with van der Waals surface area (Å²) in [5.41, 5.74) is 0.115. The third-order valence-electron chi connectivity index (χ3n) is 3.81. The number of esters is 1. The molecule has 0 aliphatic carbocycles. The van der Waals surface area contributed by atoms with Gasteiger partial charge in [0.1, 0.15) is 18.2 Å². The lowest BCUT2D eigenvalue weighted by atomic mass is 10.1. The number of hydrogen-bond acceptors (Lipinski definition) is 8. The first-order chi connectivity index (χ1) is 11.1. The van der Waals surface area contributed by atoms with Crippen molar-refractivity contribution in [2.45, 2.75) is 31.3 Å². The molecule has 2 aliphatic heterocycles. The number of hydrogen-bond donors (Lipinski definition) is 1. The molecule has 1 N–H and O–H groups in total. The van der Waals surface area contributed by atoms with Gasteiger partial charge in [0, 0.05) is 6.54 Å². The van der Waals surface area contributed by atoms with Crippen molar-refractivity contribution in [1.82, 2.24) is 20.3 Å². The van der Waals surface area contributed by atoms with E-state index in [1.807, 2.05) is 0 Å². The van der Waals surface area contributed by atoms with Gasteiger partial charge in [0.2, 0.25) is 0 Å². The molecule has 0 saturated carbocycles. The molecule has 1 aromatic rings. The second-order valence-corrected chi connectivity index (χ2v) is 5.21. The number of carbonyl (C=O) groups excluding carboxylic acids is 2. The highest BCUT2D eigenvalue weighted by molar-refractivity contribution is 5.86. The Morgan fingerprint density at radius 3 is 2.91 bits per heavy atom. The molecule has 23 heavy (non-hydrogen) atoms. The first kappa shape index (κ1) is 15.7. The van der Waals surface area contributed by atoms with Crippen LogP contribution >= 0.6 is 0 Å². The number of ether oxygens (including phenoxy) is 4. The van der Waals surface area contributed by atoms with E-state index in [9.17, 15) is 9.59 Å². The van der Waals surface area contributed by atoms with Crippen LogP contribution in [0.15, 0.2) is 6.20 Å². The van der Waals surface area contributed by atoms with Gasteiger partial charge < -0.3 is 24.3 Å². The van der Waals surface area contributed by atoms with Crippen molar-refractivity contribution in [1.29, 1.82) is 0 Å². The van der Waals surface area contributed by atoms with Gasteiger partial charge in [-0.05, 0) is 6.92 Å². The minimum absolute atomic E-state index is 0.115. The third-order valence-corrected chi connectivity index (χ3v) is 3.81. The number of rotatable bonds is 4. The second-order valence-electron chi connectivity index (χ2n) is 5.21. The highest BCUT2D eigenvalue weighted by Crippen LogP contribution is 2.35. The Kier molecular flexibility index (Phi) is 4.44. The highest BCUT2D eigenvalue weighted by Gasteiger charge is 2.50. The molecule has 0 aromatic carbocycles. The van der Waals surface area contributed by atoms with Gasteiger partial charge in [-0.25, -0.2) is 14.3 Å². The number of methoxy groups -OCH3 is 1. The van der Waals surface area contributed by atoms with Crippen molar-refractivity contribution < 1.29 is 28.5 Å². The van der Waals surface area contributed by atoms with E-state index in [-0.39, 0.29) is 30.6 Å². The van der Waals surface area contributed by atoms with Gasteiger partial charge in [0.25, 0.3) is 0 Å². The fourth-order valence-electron chi connectivity index (χ4n) is 2.73. The zero-order valence-corrected chi connectivity index (χ0v) is 12.8. The molecule has 126 valence electrons. The number of nitrogens with one attached hydrogen (secondary N) is 1. The van der Waals surface area contributed by atoms with Crippen molar-refractivity contribution >= 4 is 12.1 Å². The largest absolute Gasteiger partial charge is 0.464 e. The van der Waals surface area contributed by atoms with E-state index in [1.165, 1.54) is 18.0 Å². The van der Waals surface area contributed by atoms with Gasteiger partial charge in [-0.15, -0.1) is 5.10 Å². The highest BCUT2D eigenvalue weighted by atomic mass is 16.6. The van der Waals surface area contributed by atoms with Crippen LogP contribution in [0.1, 0.15) is 23.5 Å². The molecule has 2 aliphatic rings. The van der Waals surface area contributed by atoms with Gasteiger partial charge in [-0.1, -0.05) is 5.21 Å². The maximum absolute atomic E-state index is 11.5. The molecule has 0 bridgehead atoms. The Balaban J connectivity index is 1.66. The molecule has 1 aromatic heterocycles. The van der Waals surface area contributed by atoms with E-state index in [0.29, 0.717) is 13.2 Å². The summed E-state index contributed by atoms with van der Waals surface area (Å²) in [7, 11) is 1.28. The Morgan fingerprint density at radius 2 is 2.17 bits per heavy atom. The topological polar surface area (TPSA) is 114 Å². The summed E-state index contributed by atoms with van der Waals surface area (Å²) >= 11 is 0. The van der Waals surface area contributed by atoms with Crippen molar-refractivity contribution in [2.24, 2.45) is 0 Å². The first-order valence-corrected chi connectivity index (χ1v) is 7.32. The Hall–Kier alpha value is -2.20. The van der Waals surface area contributed by atoms with E-state index in [0.717, 1.165) is 0 Å². The quantitative estimate of drug-likeness (QED) is 0.738. The van der Waals surface area contributed by atoms with Gasteiger partial charge >= 0.3 is 12.1 Å². The minimum Gasteiger partial charge on any atom is -0.464 e. The molecule has 3 rings (SSSR count). The number of alkyl carbamates (subject to hydrolysis) is 1. The molecule has 2 fully saturated rings. The average Bonchev–Trinajstić information content (AvgIpc) is 3.23. The third kappa shape index (κ3) is 2.99. The molecule has 10 nitrogen and oxygen atoms in total. The molecule has 1 amide bonds. The summed E-state index contributed by atoms with van der Waals surface area (Å²) < 4.78 is 22.8. The molecule has 3 heterocycles. The maximum Gasteiger partial charge on any atom is 0.407 e. The Bertz CT molecular complexity index is 591. The van der Waals surface area contributed by atoms with Crippen molar-refractivity contribution in [3.63, 3.8) is 0 Å². The van der Waals surface area contributed by atoms with Gasteiger partial charge in [0.05, 0.1) is 26.5 Å². The van der Waals surface area contributed by atoms with Crippen LogP contribution in [0.2, 0.25) is 0 Å². The molecule has 4 atom stereocenters. The van der Waals surface area contributed by atoms with Crippen LogP contribution in [0.3, 0.4) is 0 Å². The van der Waals surface area contributed by atoms with Crippen LogP contribution in [-0.2, 0) is 18.9 Å². The van der Waals surface area contributed by atoms with E-state index < -0.39 is 18.2 Å². The lowest BCUT2D eigenvalue weighted by Gasteiger charge is -2.17. The van der Waals surface area contributed by atoms with Crippen LogP contribution in [0, 0.1) is 0 Å². The van der Waals surface area contributed by atoms with E-state index in [2.05, 4.69) is 20.4 Å². The SMILES string of the molecule is CCNC(=O)OC1COC2C1OCC2n1cc(C(=O)OC)nn1. The van der Waals surface area contributed by atoms with Gasteiger partial charge in [-0.3, -0.25) is 0 Å². The van der Waals surface area contributed by atoms with E-state index in [1.54, 1.807) is 6.92 Å². The second kappa shape index (κ2) is 6.50. The van der Waals surface area contributed by atoms with Crippen LogP contribution in [-0.4, -0.2) is 72.2 Å². The zero-order chi connectivity index (χ0) is 16.4. The van der Waals surface area contributed by atoms with E-state index in [4.69, 9.17) is 14.2 Å². The lowest BCUT2D eigenvalue weighted by molar-refractivity contribution is 0.00317. The number of amides is 1. The summed E-state index contributed by atoms with van der Waals surface area (Å²) in [6.07, 6.45) is -0.165. The van der Waals surface area contributed by atoms with Crippen LogP contribution in [0.4, 0.5) is 4.79 Å². The fraction of sp³-hybridized carbons (Fsp3) is 0.692. The monoisotopic (exact) mass is 326 g/mol. The standard InChI is InChI=1S/C13H18N4O6/c1-3-14-13(19)23-9-6-22-10-8(5-21-11(9)10)17-4-7(15-16-17)12(18)20-2/h4,8-11H,3,5-6H2,1-2H3,(H,14,19). The first-order valence-electron chi connectivity index (χ1n) is 7.32. The molecule has 0 radical (unpaired) electrons. The lowest BCUT2D eigenvalue weighted by Crippen LogP contribution is -2.37. The average molecular weight is 326 g/mol. The smallest absolute Gasteiger partial charge is 0.407 e. The minimum atomic E-state index is -0.559. The van der Waals surface area contributed by atoms with Gasteiger partial charge in [-0.2, -0.15) is 0 Å². The van der Waals surface area contributed by atoms with Crippen molar-refractivity contribution in [3.05, 3.63) is 11.9 Å². The fourth-order valence-corrected chi connectivity index (χ4v) is 2.73. The van der Waals surface area contributed by atoms with Crippen LogP contribution in [0.25, 0.3) is 0 Å². The molecule has 10 heteroatoms. The molecule has 0 spiro atoms.